The van der Waals surface area contributed by atoms with Crippen molar-refractivity contribution in [1.82, 2.24) is 0 Å². The van der Waals surface area contributed by atoms with E-state index in [1.807, 2.05) is 0 Å². The van der Waals surface area contributed by atoms with Crippen molar-refractivity contribution in [2.45, 2.75) is 12.8 Å². The van der Waals surface area contributed by atoms with Crippen molar-refractivity contribution in [2.24, 2.45) is 0 Å². The number of nitrogens with one attached hydrogen (secondary N) is 1. The lowest BCUT2D eigenvalue weighted by Gasteiger charge is -2.22. The minimum absolute atomic E-state index is 0.0713. The van der Waals surface area contributed by atoms with Crippen LogP contribution in [0.4, 0.5) is 14.5 Å². The zero-order valence-electron chi connectivity index (χ0n) is 12.2. The van der Waals surface area contributed by atoms with Gasteiger partial charge in [-0.05, 0) is 12.1 Å². The van der Waals surface area contributed by atoms with Gasteiger partial charge in [-0.15, -0.1) is 0 Å². The molecule has 2 N–H and O–H groups in total. The third-order valence-electron chi connectivity index (χ3n) is 3.64. The first-order valence-electron chi connectivity index (χ1n) is 6.95. The molecule has 0 unspecified atom stereocenters. The fourth-order valence-corrected chi connectivity index (χ4v) is 2.60. The molecule has 0 radical (unpaired) electrons. The molecule has 0 amide bonds. The smallest absolute Gasteiger partial charge is 0.262 e. The number of carbonyl (C=O) groups is 2. The van der Waals surface area contributed by atoms with E-state index < -0.39 is 24.0 Å². The van der Waals surface area contributed by atoms with Gasteiger partial charge in [-0.3, -0.25) is 9.59 Å². The van der Waals surface area contributed by atoms with Crippen LogP contribution < -0.4 is 5.32 Å². The van der Waals surface area contributed by atoms with Crippen LogP contribution in [0.3, 0.4) is 0 Å². The Kier molecular flexibility index (Phi) is 3.39. The van der Waals surface area contributed by atoms with Gasteiger partial charge in [0.2, 0.25) is 0 Å². The van der Waals surface area contributed by atoms with Gasteiger partial charge < -0.3 is 10.4 Å². The van der Waals surface area contributed by atoms with Gasteiger partial charge >= 0.3 is 0 Å². The van der Waals surface area contributed by atoms with Gasteiger partial charge in [-0.1, -0.05) is 24.3 Å². The Morgan fingerprint density at radius 1 is 1.00 bits per heavy atom. The van der Waals surface area contributed by atoms with Crippen LogP contribution in [0.25, 0.3) is 0 Å². The monoisotopic (exact) mass is 317 g/mol. The van der Waals surface area contributed by atoms with Crippen molar-refractivity contribution < 1.29 is 23.5 Å². The van der Waals surface area contributed by atoms with Gasteiger partial charge in [0.05, 0.1) is 17.7 Å². The standard InChI is InChI=1S/C17H13F2NO3/c1-17(18,19)8-20-11-6-7-12(21)14-13(11)15(22)9-4-2-3-5-10(9)16(14)23/h2-7,20-21H,8H2,1H3. The normalized spacial score (nSPS) is 13.5. The second kappa shape index (κ2) is 5.15. The summed E-state index contributed by atoms with van der Waals surface area (Å²) in [5, 5.41) is 12.5. The maximum Gasteiger partial charge on any atom is 0.262 e. The van der Waals surface area contributed by atoms with Gasteiger partial charge in [0.1, 0.15) is 5.75 Å². The average molecular weight is 317 g/mol. The minimum atomic E-state index is -2.98. The number of rotatable bonds is 3. The third kappa shape index (κ3) is 2.56. The van der Waals surface area contributed by atoms with E-state index in [2.05, 4.69) is 5.32 Å². The molecule has 0 fully saturated rings. The maximum absolute atomic E-state index is 13.1. The van der Waals surface area contributed by atoms with Gasteiger partial charge in [0, 0.05) is 23.7 Å². The fourth-order valence-electron chi connectivity index (χ4n) is 2.60. The first-order valence-corrected chi connectivity index (χ1v) is 6.95. The summed E-state index contributed by atoms with van der Waals surface area (Å²) in [6.07, 6.45) is 0. The fraction of sp³-hybridized carbons (Fsp3) is 0.176. The van der Waals surface area contributed by atoms with Crippen LogP contribution in [-0.4, -0.2) is 29.1 Å². The summed E-state index contributed by atoms with van der Waals surface area (Å²) in [6.45, 7) is 0.0580. The van der Waals surface area contributed by atoms with Crippen molar-refractivity contribution in [3.63, 3.8) is 0 Å². The molecule has 0 atom stereocenters. The zero-order valence-corrected chi connectivity index (χ0v) is 12.2. The van der Waals surface area contributed by atoms with Crippen molar-refractivity contribution in [3.05, 3.63) is 58.7 Å². The predicted molar refractivity (Wildman–Crippen MR) is 80.5 cm³/mol. The Balaban J connectivity index is 2.15. The number of phenolic OH excluding ortho intramolecular Hbond substituents is 1. The Morgan fingerprint density at radius 3 is 2.13 bits per heavy atom. The molecule has 23 heavy (non-hydrogen) atoms. The molecule has 2 aromatic carbocycles. The van der Waals surface area contributed by atoms with Crippen LogP contribution >= 0.6 is 0 Å². The Labute approximate surface area is 130 Å². The highest BCUT2D eigenvalue weighted by Crippen LogP contribution is 2.37. The summed E-state index contributed by atoms with van der Waals surface area (Å²) >= 11 is 0. The van der Waals surface area contributed by atoms with Gasteiger partial charge in [0.25, 0.3) is 5.92 Å². The molecule has 0 aromatic heterocycles. The highest BCUT2D eigenvalue weighted by Gasteiger charge is 2.34. The van der Waals surface area contributed by atoms with E-state index in [9.17, 15) is 23.5 Å². The van der Waals surface area contributed by atoms with Crippen molar-refractivity contribution in [2.75, 3.05) is 11.9 Å². The van der Waals surface area contributed by atoms with Gasteiger partial charge in [-0.25, -0.2) is 8.78 Å². The first kappa shape index (κ1) is 15.1. The summed E-state index contributed by atoms with van der Waals surface area (Å²) in [6, 6.07) is 8.77. The second-order valence-corrected chi connectivity index (χ2v) is 5.51. The number of hydrogen-bond acceptors (Lipinski definition) is 4. The van der Waals surface area contributed by atoms with E-state index in [0.29, 0.717) is 0 Å². The molecule has 1 aliphatic carbocycles. The van der Waals surface area contributed by atoms with Crippen molar-refractivity contribution in [1.29, 1.82) is 0 Å². The molecule has 3 rings (SSSR count). The van der Waals surface area contributed by atoms with Crippen LogP contribution in [0, 0.1) is 0 Å². The lowest BCUT2D eigenvalue weighted by atomic mass is 9.82. The summed E-state index contributed by atoms with van der Waals surface area (Å²) in [5.74, 6) is -4.31. The minimum Gasteiger partial charge on any atom is -0.507 e. The molecule has 0 saturated carbocycles. The van der Waals surface area contributed by atoms with E-state index in [4.69, 9.17) is 0 Å². The number of ketones is 2. The average Bonchev–Trinajstić information content (AvgIpc) is 2.50. The van der Waals surface area contributed by atoms with Crippen LogP contribution in [0.1, 0.15) is 38.8 Å². The first-order chi connectivity index (χ1) is 10.8. The Bertz CT molecular complexity index is 825. The lowest BCUT2D eigenvalue weighted by molar-refractivity contribution is 0.0367. The quantitative estimate of drug-likeness (QED) is 0.728. The van der Waals surface area contributed by atoms with Gasteiger partial charge in [0.15, 0.2) is 11.6 Å². The van der Waals surface area contributed by atoms with E-state index in [0.717, 1.165) is 6.92 Å². The molecule has 2 aromatic rings. The molecule has 4 nitrogen and oxygen atoms in total. The lowest BCUT2D eigenvalue weighted by Crippen LogP contribution is -2.26. The zero-order chi connectivity index (χ0) is 16.8. The highest BCUT2D eigenvalue weighted by atomic mass is 19.3. The van der Waals surface area contributed by atoms with Gasteiger partial charge in [-0.2, -0.15) is 0 Å². The summed E-state index contributed by atoms with van der Waals surface area (Å²) in [5.41, 5.74) is 0.267. The molecule has 0 bridgehead atoms. The third-order valence-corrected chi connectivity index (χ3v) is 3.64. The number of aromatic hydroxyl groups is 1. The Hall–Kier alpha value is -2.76. The number of fused-ring (bicyclic) bond motifs is 2. The summed E-state index contributed by atoms with van der Waals surface area (Å²) < 4.78 is 26.1. The Morgan fingerprint density at radius 2 is 1.57 bits per heavy atom. The van der Waals surface area contributed by atoms with E-state index in [1.54, 1.807) is 12.1 Å². The molecule has 1 aliphatic rings. The van der Waals surface area contributed by atoms with Crippen LogP contribution in [-0.2, 0) is 0 Å². The van der Waals surface area contributed by atoms with Crippen molar-refractivity contribution >= 4 is 17.3 Å². The second-order valence-electron chi connectivity index (χ2n) is 5.51. The molecule has 0 saturated heterocycles. The molecular weight excluding hydrogens is 304 g/mol. The van der Waals surface area contributed by atoms with Crippen LogP contribution in [0.2, 0.25) is 0 Å². The number of phenols is 1. The molecule has 6 heteroatoms. The number of halogens is 2. The maximum atomic E-state index is 13.1. The molecule has 118 valence electrons. The van der Waals surface area contributed by atoms with E-state index >= 15 is 0 Å². The number of alkyl halides is 2. The largest absolute Gasteiger partial charge is 0.507 e. The van der Waals surface area contributed by atoms with Crippen LogP contribution in [0.5, 0.6) is 5.75 Å². The molecule has 0 heterocycles. The van der Waals surface area contributed by atoms with E-state index in [1.165, 1.54) is 24.3 Å². The SMILES string of the molecule is CC(F)(F)CNc1ccc(O)c2c1C(=O)c1ccccc1C2=O. The predicted octanol–water partition coefficient (Wildman–Crippen LogP) is 3.23. The number of anilines is 1. The van der Waals surface area contributed by atoms with Crippen LogP contribution in [0.15, 0.2) is 36.4 Å². The van der Waals surface area contributed by atoms with Crippen molar-refractivity contribution in [3.8, 4) is 5.75 Å². The number of carbonyl (C=O) groups excluding carboxylic acids is 2. The number of benzene rings is 2. The molecular formula is C17H13F2NO3. The summed E-state index contributed by atoms with van der Waals surface area (Å²) in [4.78, 5) is 25.2. The molecule has 0 aliphatic heterocycles. The molecule has 0 spiro atoms. The topological polar surface area (TPSA) is 66.4 Å². The van der Waals surface area contributed by atoms with E-state index in [-0.39, 0.29) is 33.7 Å². The summed E-state index contributed by atoms with van der Waals surface area (Å²) in [7, 11) is 0. The highest BCUT2D eigenvalue weighted by molar-refractivity contribution is 6.31. The number of hydrogen-bond donors (Lipinski definition) is 2.